The molecule has 4 nitrogen and oxygen atoms in total. The molecule has 0 saturated heterocycles. The number of nitrogen functional groups attached to an aromatic ring is 1. The summed E-state index contributed by atoms with van der Waals surface area (Å²) in [6.45, 7) is 0.0836. The first-order chi connectivity index (χ1) is 5.74. The zero-order chi connectivity index (χ0) is 9.40. The van der Waals surface area contributed by atoms with Gasteiger partial charge in [-0.15, -0.1) is 0 Å². The molecular formula is C7H11BNO3. The summed E-state index contributed by atoms with van der Waals surface area (Å²) in [4.78, 5) is 0. The minimum absolute atomic E-state index is 0. The Morgan fingerprint density at radius 1 is 1.17 bits per heavy atom. The zero-order valence-electron chi connectivity index (χ0n) is 6.51. The van der Waals surface area contributed by atoms with Gasteiger partial charge in [-0.25, -0.2) is 0 Å². The minimum Gasteiger partial charge on any atom is -0.429 e. The van der Waals surface area contributed by atoms with Crippen LogP contribution < -0.4 is 5.73 Å². The third-order valence-corrected chi connectivity index (χ3v) is 1.16. The molecule has 65 valence electrons. The number of aliphatic hydroxyl groups is 1. The van der Waals surface area contributed by atoms with Crippen LogP contribution in [0.1, 0.15) is 5.56 Å². The number of anilines is 1. The van der Waals surface area contributed by atoms with Gasteiger partial charge in [0.25, 0.3) is 0 Å². The molecule has 1 rings (SSSR count). The van der Waals surface area contributed by atoms with Crippen molar-refractivity contribution in [1.29, 1.82) is 0 Å². The van der Waals surface area contributed by atoms with Crippen LogP contribution in [-0.2, 0) is 6.61 Å². The number of benzene rings is 1. The van der Waals surface area contributed by atoms with E-state index in [1.165, 1.54) is 0 Å². The van der Waals surface area contributed by atoms with Crippen LogP contribution in [0.4, 0.5) is 5.69 Å². The fourth-order valence-electron chi connectivity index (χ4n) is 0.623. The molecule has 0 fully saturated rings. The molecule has 0 heterocycles. The van der Waals surface area contributed by atoms with Gasteiger partial charge in [0.05, 0.1) is 6.61 Å². The second kappa shape index (κ2) is 6.66. The van der Waals surface area contributed by atoms with Crippen molar-refractivity contribution < 1.29 is 15.2 Å². The maximum atomic E-state index is 8.59. The van der Waals surface area contributed by atoms with E-state index in [-0.39, 0.29) is 14.3 Å². The highest BCUT2D eigenvalue weighted by atomic mass is 16.4. The zero-order valence-corrected chi connectivity index (χ0v) is 6.51. The Kier molecular flexibility index (Phi) is 6.09. The topological polar surface area (TPSA) is 86.7 Å². The molecule has 12 heavy (non-hydrogen) atoms. The third kappa shape index (κ3) is 4.73. The molecule has 0 aliphatic heterocycles. The predicted octanol–water partition coefficient (Wildman–Crippen LogP) is -0.734. The van der Waals surface area contributed by atoms with Gasteiger partial charge in [-0.05, 0) is 17.7 Å². The van der Waals surface area contributed by atoms with E-state index >= 15 is 0 Å². The maximum Gasteiger partial charge on any atom is 0.482 e. The van der Waals surface area contributed by atoms with Crippen molar-refractivity contribution >= 4 is 13.4 Å². The maximum absolute atomic E-state index is 8.59. The van der Waals surface area contributed by atoms with Crippen molar-refractivity contribution in [3.05, 3.63) is 29.8 Å². The summed E-state index contributed by atoms with van der Waals surface area (Å²) in [6, 6.07) is 7.14. The fraction of sp³-hybridized carbons (Fsp3) is 0.143. The monoisotopic (exact) mass is 168 g/mol. The lowest BCUT2D eigenvalue weighted by molar-refractivity contribution is 0.282. The van der Waals surface area contributed by atoms with E-state index in [4.69, 9.17) is 20.9 Å². The Labute approximate surface area is 71.6 Å². The SMILES string of the molecule is Nc1ccc(CO)cc1.O[B]O. The Morgan fingerprint density at radius 3 is 1.92 bits per heavy atom. The molecule has 0 aliphatic rings. The molecule has 0 aliphatic carbocycles. The third-order valence-electron chi connectivity index (χ3n) is 1.16. The number of hydrogen-bond donors (Lipinski definition) is 4. The molecule has 0 saturated carbocycles. The highest BCUT2D eigenvalue weighted by Crippen LogP contribution is 2.03. The van der Waals surface area contributed by atoms with Crippen LogP contribution in [0, 0.1) is 0 Å². The Bertz CT molecular complexity index is 202. The van der Waals surface area contributed by atoms with Gasteiger partial charge in [0.2, 0.25) is 0 Å². The predicted molar refractivity (Wildman–Crippen MR) is 47.0 cm³/mol. The molecule has 0 amide bonds. The molecule has 0 spiro atoms. The van der Waals surface area contributed by atoms with Crippen molar-refractivity contribution in [3.8, 4) is 0 Å². The van der Waals surface area contributed by atoms with Crippen LogP contribution in [0.15, 0.2) is 24.3 Å². The summed E-state index contributed by atoms with van der Waals surface area (Å²) in [6.07, 6.45) is 0. The molecule has 5 N–H and O–H groups in total. The molecule has 0 unspecified atom stereocenters. The largest absolute Gasteiger partial charge is 0.482 e. The number of rotatable bonds is 1. The first-order valence-electron chi connectivity index (χ1n) is 3.30. The van der Waals surface area contributed by atoms with Gasteiger partial charge in [-0.2, -0.15) is 0 Å². The van der Waals surface area contributed by atoms with E-state index in [0.717, 1.165) is 11.3 Å². The molecule has 1 aromatic rings. The van der Waals surface area contributed by atoms with Crippen LogP contribution in [0.2, 0.25) is 0 Å². The normalized spacial score (nSPS) is 8.25. The number of aliphatic hydroxyl groups excluding tert-OH is 1. The van der Waals surface area contributed by atoms with E-state index in [1.54, 1.807) is 24.3 Å². The van der Waals surface area contributed by atoms with Crippen LogP contribution in [-0.4, -0.2) is 22.8 Å². The van der Waals surface area contributed by atoms with Gasteiger partial charge < -0.3 is 20.9 Å². The Balaban J connectivity index is 0.000000354. The summed E-state index contributed by atoms with van der Waals surface area (Å²) >= 11 is 0. The van der Waals surface area contributed by atoms with Crippen molar-refractivity contribution in [2.45, 2.75) is 6.61 Å². The van der Waals surface area contributed by atoms with E-state index < -0.39 is 0 Å². The molecule has 1 radical (unpaired) electrons. The number of nitrogens with two attached hydrogens (primary N) is 1. The molecule has 5 heteroatoms. The fourth-order valence-corrected chi connectivity index (χ4v) is 0.623. The lowest BCUT2D eigenvalue weighted by Gasteiger charge is -1.94. The molecule has 0 bridgehead atoms. The van der Waals surface area contributed by atoms with Gasteiger partial charge in [-0.1, -0.05) is 12.1 Å². The molecule has 0 atom stereocenters. The van der Waals surface area contributed by atoms with Crippen LogP contribution in [0.5, 0.6) is 0 Å². The average molecular weight is 168 g/mol. The Hall–Kier alpha value is -1.04. The van der Waals surface area contributed by atoms with Gasteiger partial charge >= 0.3 is 7.69 Å². The second-order valence-corrected chi connectivity index (χ2v) is 2.02. The lowest BCUT2D eigenvalue weighted by Crippen LogP contribution is -1.85. The first-order valence-corrected chi connectivity index (χ1v) is 3.30. The highest BCUT2D eigenvalue weighted by molar-refractivity contribution is 6.13. The van der Waals surface area contributed by atoms with Gasteiger partial charge in [0.1, 0.15) is 0 Å². The van der Waals surface area contributed by atoms with Crippen molar-refractivity contribution in [2.24, 2.45) is 0 Å². The lowest BCUT2D eigenvalue weighted by atomic mass is 10.2. The summed E-state index contributed by atoms with van der Waals surface area (Å²) in [7, 11) is 0. The van der Waals surface area contributed by atoms with Gasteiger partial charge in [0, 0.05) is 5.69 Å². The smallest absolute Gasteiger partial charge is 0.429 e. The van der Waals surface area contributed by atoms with E-state index in [0.29, 0.717) is 0 Å². The number of hydrogen-bond acceptors (Lipinski definition) is 4. The van der Waals surface area contributed by atoms with Crippen LogP contribution in [0.3, 0.4) is 0 Å². The summed E-state index contributed by atoms with van der Waals surface area (Å²) in [5.41, 5.74) is 7.02. The van der Waals surface area contributed by atoms with E-state index in [1.807, 2.05) is 0 Å². The van der Waals surface area contributed by atoms with Crippen molar-refractivity contribution in [2.75, 3.05) is 5.73 Å². The van der Waals surface area contributed by atoms with Gasteiger partial charge in [-0.3, -0.25) is 0 Å². The highest BCUT2D eigenvalue weighted by Gasteiger charge is 1.86. The van der Waals surface area contributed by atoms with Crippen molar-refractivity contribution in [1.82, 2.24) is 0 Å². The molecule has 0 aromatic heterocycles. The average Bonchev–Trinajstić information content (AvgIpc) is 2.07. The Morgan fingerprint density at radius 2 is 1.58 bits per heavy atom. The standard InChI is InChI=1S/C7H9NO.BH2O2/c8-7-3-1-6(5-9)2-4-7;2-1-3/h1-4,9H,5,8H2;2-3H. The first kappa shape index (κ1) is 11.0. The minimum atomic E-state index is 0. The van der Waals surface area contributed by atoms with Crippen LogP contribution in [0.25, 0.3) is 0 Å². The van der Waals surface area contributed by atoms with Crippen molar-refractivity contribution in [3.63, 3.8) is 0 Å². The summed E-state index contributed by atoms with van der Waals surface area (Å²) < 4.78 is 0. The second-order valence-electron chi connectivity index (χ2n) is 2.02. The van der Waals surface area contributed by atoms with Gasteiger partial charge in [0.15, 0.2) is 0 Å². The quantitative estimate of drug-likeness (QED) is 0.328. The summed E-state index contributed by atoms with van der Waals surface area (Å²) in [5, 5.41) is 22.6. The molecule has 1 aromatic carbocycles. The van der Waals surface area contributed by atoms with E-state index in [9.17, 15) is 0 Å². The summed E-state index contributed by atoms with van der Waals surface area (Å²) in [5.74, 6) is 0. The molecular weight excluding hydrogens is 157 g/mol. The van der Waals surface area contributed by atoms with E-state index in [2.05, 4.69) is 0 Å². The van der Waals surface area contributed by atoms with Crippen LogP contribution >= 0.6 is 0 Å².